The second-order valence-corrected chi connectivity index (χ2v) is 9.08. The van der Waals surface area contributed by atoms with E-state index in [1.54, 1.807) is 0 Å². The lowest BCUT2D eigenvalue weighted by molar-refractivity contribution is 0.0853. The first kappa shape index (κ1) is 19.8. The van der Waals surface area contributed by atoms with E-state index in [2.05, 4.69) is 0 Å². The van der Waals surface area contributed by atoms with Gasteiger partial charge in [0.05, 0.1) is 25.7 Å². The highest BCUT2D eigenvalue weighted by molar-refractivity contribution is 7.86. The highest BCUT2D eigenvalue weighted by Crippen LogP contribution is 2.29. The first-order chi connectivity index (χ1) is 8.83. The van der Waals surface area contributed by atoms with Gasteiger partial charge in [-0.1, -0.05) is 27.7 Å². The molecule has 2 atom stereocenters. The lowest BCUT2D eigenvalue weighted by atomic mass is 9.78. The van der Waals surface area contributed by atoms with Crippen LogP contribution in [0.5, 0.6) is 0 Å². The first-order valence-corrected chi connectivity index (χ1v) is 10.2. The van der Waals surface area contributed by atoms with Crippen molar-refractivity contribution in [3.63, 3.8) is 0 Å². The summed E-state index contributed by atoms with van der Waals surface area (Å²) in [5, 5.41) is 0. The fourth-order valence-electron chi connectivity index (χ4n) is 2.03. The summed E-state index contributed by atoms with van der Waals surface area (Å²) in [6.07, 6.45) is 2.00. The summed E-state index contributed by atoms with van der Waals surface area (Å²) in [7, 11) is -7.03. The molecule has 0 bridgehead atoms. The Morgan fingerprint density at radius 2 is 0.950 bits per heavy atom. The lowest BCUT2D eigenvalue weighted by Gasteiger charge is -2.32. The van der Waals surface area contributed by atoms with Crippen molar-refractivity contribution in [3.8, 4) is 0 Å². The molecule has 0 aromatic heterocycles. The highest BCUT2D eigenvalue weighted by atomic mass is 32.2. The van der Waals surface area contributed by atoms with E-state index in [1.165, 1.54) is 0 Å². The Labute approximate surface area is 123 Å². The summed E-state index contributed by atoms with van der Waals surface area (Å²) in [5.41, 5.74) is 0. The van der Waals surface area contributed by atoms with Crippen molar-refractivity contribution in [3.05, 3.63) is 0 Å². The maximum atomic E-state index is 11.1. The first-order valence-electron chi connectivity index (χ1n) is 6.52. The summed E-state index contributed by atoms with van der Waals surface area (Å²) in [6, 6.07) is 0. The normalized spacial score (nSPS) is 16.6. The minimum absolute atomic E-state index is 0.0342. The zero-order chi connectivity index (χ0) is 16.1. The van der Waals surface area contributed by atoms with E-state index in [0.717, 1.165) is 12.5 Å². The van der Waals surface area contributed by atoms with Crippen LogP contribution in [0.15, 0.2) is 0 Å². The summed E-state index contributed by atoms with van der Waals surface area (Å²) in [6.45, 7) is 7.87. The zero-order valence-corrected chi connectivity index (χ0v) is 14.6. The van der Waals surface area contributed by atoms with Gasteiger partial charge in [-0.3, -0.25) is 8.37 Å². The van der Waals surface area contributed by atoms with E-state index in [4.69, 9.17) is 8.37 Å². The van der Waals surface area contributed by atoms with Crippen molar-refractivity contribution < 1.29 is 25.2 Å². The Morgan fingerprint density at radius 1 is 0.700 bits per heavy atom. The molecule has 0 aromatic carbocycles. The standard InChI is InChI=1S/C12H26O6S2/c1-9(2)11(7-17-19(5,13)14)12(10(3)4)8-18-20(6,15)16/h9-12H,7-8H2,1-6H3. The Kier molecular flexibility index (Phi) is 7.65. The molecule has 0 saturated heterocycles. The van der Waals surface area contributed by atoms with Gasteiger partial charge in [0.1, 0.15) is 0 Å². The van der Waals surface area contributed by atoms with Gasteiger partial charge in [-0.25, -0.2) is 0 Å². The molecule has 0 aromatic rings. The van der Waals surface area contributed by atoms with Crippen molar-refractivity contribution in [2.24, 2.45) is 23.7 Å². The van der Waals surface area contributed by atoms with E-state index in [9.17, 15) is 16.8 Å². The minimum atomic E-state index is -3.51. The lowest BCUT2D eigenvalue weighted by Crippen LogP contribution is -2.33. The smallest absolute Gasteiger partial charge is 0.264 e. The van der Waals surface area contributed by atoms with E-state index < -0.39 is 20.2 Å². The number of hydrogen-bond acceptors (Lipinski definition) is 6. The van der Waals surface area contributed by atoms with E-state index >= 15 is 0 Å². The molecule has 0 heterocycles. The molecule has 0 aliphatic carbocycles. The summed E-state index contributed by atoms with van der Waals surface area (Å²) in [5.74, 6) is 0.0811. The monoisotopic (exact) mass is 330 g/mol. The Bertz CT molecular complexity index is 432. The molecule has 0 radical (unpaired) electrons. The Morgan fingerprint density at radius 3 is 1.10 bits per heavy atom. The van der Waals surface area contributed by atoms with Gasteiger partial charge in [0.2, 0.25) is 0 Å². The third-order valence-electron chi connectivity index (χ3n) is 3.21. The van der Waals surface area contributed by atoms with Gasteiger partial charge in [-0.2, -0.15) is 16.8 Å². The molecular weight excluding hydrogens is 304 g/mol. The minimum Gasteiger partial charge on any atom is -0.270 e. The molecule has 8 heteroatoms. The van der Waals surface area contributed by atoms with Crippen LogP contribution in [0.2, 0.25) is 0 Å². The topological polar surface area (TPSA) is 86.7 Å². The van der Waals surface area contributed by atoms with E-state index in [0.29, 0.717) is 0 Å². The number of rotatable bonds is 9. The van der Waals surface area contributed by atoms with Crippen molar-refractivity contribution in [1.29, 1.82) is 0 Å². The van der Waals surface area contributed by atoms with Crippen molar-refractivity contribution in [1.82, 2.24) is 0 Å². The summed E-state index contributed by atoms with van der Waals surface area (Å²) >= 11 is 0. The average molecular weight is 330 g/mol. The van der Waals surface area contributed by atoms with E-state index in [-0.39, 0.29) is 36.9 Å². The Hall–Kier alpha value is -0.180. The highest BCUT2D eigenvalue weighted by Gasteiger charge is 2.29. The number of hydrogen-bond donors (Lipinski definition) is 0. The van der Waals surface area contributed by atoms with Crippen LogP contribution in [0.1, 0.15) is 27.7 Å². The van der Waals surface area contributed by atoms with Crippen LogP contribution in [0.3, 0.4) is 0 Å². The van der Waals surface area contributed by atoms with E-state index in [1.807, 2.05) is 27.7 Å². The van der Waals surface area contributed by atoms with Crippen LogP contribution >= 0.6 is 0 Å². The third kappa shape index (κ3) is 8.89. The summed E-state index contributed by atoms with van der Waals surface area (Å²) in [4.78, 5) is 0. The molecule has 6 nitrogen and oxygen atoms in total. The predicted molar refractivity (Wildman–Crippen MR) is 78.2 cm³/mol. The molecule has 0 saturated carbocycles. The molecule has 2 unspecified atom stereocenters. The van der Waals surface area contributed by atoms with Gasteiger partial charge in [-0.05, 0) is 23.7 Å². The molecule has 0 aliphatic rings. The van der Waals surface area contributed by atoms with Gasteiger partial charge in [0.25, 0.3) is 20.2 Å². The molecule has 0 N–H and O–H groups in total. The summed E-state index contributed by atoms with van der Waals surface area (Å²) < 4.78 is 54.2. The average Bonchev–Trinajstić information content (AvgIpc) is 2.18. The quantitative estimate of drug-likeness (QED) is 0.595. The molecular formula is C12H26O6S2. The van der Waals surface area contributed by atoms with Crippen LogP contribution in [0, 0.1) is 23.7 Å². The van der Waals surface area contributed by atoms with Crippen LogP contribution in [0.4, 0.5) is 0 Å². The van der Waals surface area contributed by atoms with Crippen molar-refractivity contribution >= 4 is 20.2 Å². The van der Waals surface area contributed by atoms with Crippen LogP contribution in [-0.2, 0) is 28.6 Å². The van der Waals surface area contributed by atoms with Gasteiger partial charge in [-0.15, -0.1) is 0 Å². The maximum Gasteiger partial charge on any atom is 0.264 e. The fraction of sp³-hybridized carbons (Fsp3) is 1.00. The maximum absolute atomic E-state index is 11.1. The molecule has 0 spiro atoms. The van der Waals surface area contributed by atoms with Crippen LogP contribution in [0.25, 0.3) is 0 Å². The van der Waals surface area contributed by atoms with Gasteiger partial charge < -0.3 is 0 Å². The zero-order valence-electron chi connectivity index (χ0n) is 13.0. The second kappa shape index (κ2) is 7.72. The second-order valence-electron chi connectivity index (χ2n) is 5.79. The molecule has 0 aliphatic heterocycles. The van der Waals surface area contributed by atoms with Gasteiger partial charge in [0.15, 0.2) is 0 Å². The fourth-order valence-corrected chi connectivity index (χ4v) is 2.83. The molecule has 20 heavy (non-hydrogen) atoms. The van der Waals surface area contributed by atoms with Crippen LogP contribution < -0.4 is 0 Å². The van der Waals surface area contributed by atoms with Crippen molar-refractivity contribution in [2.45, 2.75) is 27.7 Å². The van der Waals surface area contributed by atoms with Crippen LogP contribution in [-0.4, -0.2) is 42.6 Å². The molecule has 0 amide bonds. The SMILES string of the molecule is CC(C)C(COS(C)(=O)=O)C(COS(C)(=O)=O)C(C)C. The largest absolute Gasteiger partial charge is 0.270 e. The van der Waals surface area contributed by atoms with Crippen molar-refractivity contribution in [2.75, 3.05) is 25.7 Å². The predicted octanol–water partition coefficient (Wildman–Crippen LogP) is 1.48. The molecule has 0 fully saturated rings. The van der Waals surface area contributed by atoms with Gasteiger partial charge >= 0.3 is 0 Å². The Balaban J connectivity index is 4.96. The molecule has 0 rings (SSSR count). The van der Waals surface area contributed by atoms with Gasteiger partial charge in [0, 0.05) is 0 Å². The molecule has 122 valence electrons. The third-order valence-corrected chi connectivity index (χ3v) is 4.34.